The van der Waals surface area contributed by atoms with Gasteiger partial charge in [-0.3, -0.25) is 30.2 Å². The molecular formula is C26H30ClN7O4. The molecule has 0 radical (unpaired) electrons. The normalized spacial score (nSPS) is 10.8. The molecule has 200 valence electrons. The lowest BCUT2D eigenvalue weighted by molar-refractivity contribution is -0.384. The Hall–Kier alpha value is -4.09. The van der Waals surface area contributed by atoms with Gasteiger partial charge in [-0.05, 0) is 64.0 Å². The van der Waals surface area contributed by atoms with Crippen molar-refractivity contribution in [2.45, 2.75) is 26.7 Å². The molecule has 0 saturated heterocycles. The maximum atomic E-state index is 11.1. The Kier molecular flexibility index (Phi) is 9.69. The number of pyridine rings is 2. The summed E-state index contributed by atoms with van der Waals surface area (Å²) in [7, 11) is 0. The zero-order valence-corrected chi connectivity index (χ0v) is 22.0. The molecule has 2 aromatic heterocycles. The van der Waals surface area contributed by atoms with Crippen molar-refractivity contribution >= 4 is 57.0 Å². The number of rotatable bonds is 12. The topological polar surface area (TPSA) is 148 Å². The van der Waals surface area contributed by atoms with Crippen molar-refractivity contribution in [3.8, 4) is 0 Å². The predicted octanol–water partition coefficient (Wildman–Crippen LogP) is 5.53. The Morgan fingerprint density at radius 2 is 1.11 bits per heavy atom. The minimum Gasteiger partial charge on any atom is -0.384 e. The van der Waals surface area contributed by atoms with Crippen LogP contribution in [-0.2, 0) is 0 Å². The number of anilines is 2. The van der Waals surface area contributed by atoms with Gasteiger partial charge >= 0.3 is 0 Å². The van der Waals surface area contributed by atoms with Crippen LogP contribution in [0.15, 0.2) is 48.5 Å². The van der Waals surface area contributed by atoms with E-state index in [2.05, 4.69) is 25.9 Å². The van der Waals surface area contributed by atoms with Crippen LogP contribution in [0.3, 0.4) is 0 Å². The van der Waals surface area contributed by atoms with Gasteiger partial charge in [-0.2, -0.15) is 0 Å². The van der Waals surface area contributed by atoms with E-state index in [1.807, 2.05) is 26.0 Å². The highest BCUT2D eigenvalue weighted by atomic mass is 35.5. The molecule has 11 nitrogen and oxygen atoms in total. The Morgan fingerprint density at radius 3 is 1.50 bits per heavy atom. The molecule has 38 heavy (non-hydrogen) atoms. The van der Waals surface area contributed by atoms with Gasteiger partial charge in [-0.25, -0.2) is 0 Å². The molecule has 0 saturated carbocycles. The SMILES string of the molecule is Cc1cc(NCCCNCCCNc2cc(C)nc3cc([N+](=O)[O-])ccc23)c2ccc([N+](=O)[O-])cc2n1.Cl. The van der Waals surface area contributed by atoms with Gasteiger partial charge in [-0.15, -0.1) is 12.4 Å². The summed E-state index contributed by atoms with van der Waals surface area (Å²) in [6, 6.07) is 13.4. The number of fused-ring (bicyclic) bond motifs is 2. The van der Waals surface area contributed by atoms with Gasteiger partial charge in [0.15, 0.2) is 0 Å². The van der Waals surface area contributed by atoms with E-state index >= 15 is 0 Å². The molecule has 4 rings (SSSR count). The van der Waals surface area contributed by atoms with Gasteiger partial charge in [0.25, 0.3) is 11.4 Å². The number of nitrogens with one attached hydrogen (secondary N) is 3. The molecule has 0 aliphatic heterocycles. The van der Waals surface area contributed by atoms with E-state index in [1.54, 1.807) is 12.1 Å². The molecule has 4 aromatic rings. The second-order valence-electron chi connectivity index (χ2n) is 8.85. The Morgan fingerprint density at radius 1 is 0.684 bits per heavy atom. The summed E-state index contributed by atoms with van der Waals surface area (Å²) in [6.45, 7) is 6.96. The Bertz CT molecular complexity index is 1360. The zero-order valence-electron chi connectivity index (χ0n) is 21.2. The van der Waals surface area contributed by atoms with Gasteiger partial charge in [0.05, 0.1) is 20.9 Å². The second kappa shape index (κ2) is 12.9. The van der Waals surface area contributed by atoms with E-state index in [0.29, 0.717) is 11.0 Å². The third-order valence-electron chi connectivity index (χ3n) is 5.96. The number of non-ortho nitro benzene ring substituents is 2. The first-order valence-electron chi connectivity index (χ1n) is 12.1. The quantitative estimate of drug-likeness (QED) is 0.120. The number of aryl methyl sites for hydroxylation is 2. The molecular weight excluding hydrogens is 510 g/mol. The molecule has 0 atom stereocenters. The maximum Gasteiger partial charge on any atom is 0.271 e. The van der Waals surface area contributed by atoms with Gasteiger partial charge in [0, 0.05) is 70.9 Å². The fourth-order valence-corrected chi connectivity index (χ4v) is 4.22. The van der Waals surface area contributed by atoms with Crippen molar-refractivity contribution in [1.29, 1.82) is 0 Å². The lowest BCUT2D eigenvalue weighted by Crippen LogP contribution is -2.21. The first-order chi connectivity index (χ1) is 17.8. The minimum absolute atomic E-state index is 0. The molecule has 0 aliphatic carbocycles. The van der Waals surface area contributed by atoms with Gasteiger partial charge in [-0.1, -0.05) is 0 Å². The number of nitro benzene ring substituents is 2. The third-order valence-corrected chi connectivity index (χ3v) is 5.96. The van der Waals surface area contributed by atoms with E-state index in [1.165, 1.54) is 24.3 Å². The Labute approximate surface area is 225 Å². The molecule has 0 spiro atoms. The van der Waals surface area contributed by atoms with Crippen LogP contribution in [0, 0.1) is 34.1 Å². The van der Waals surface area contributed by atoms with Crippen molar-refractivity contribution < 1.29 is 9.85 Å². The average molecular weight is 540 g/mol. The monoisotopic (exact) mass is 539 g/mol. The molecule has 0 unspecified atom stereocenters. The highest BCUT2D eigenvalue weighted by Gasteiger charge is 2.11. The zero-order chi connectivity index (χ0) is 26.4. The molecule has 2 heterocycles. The minimum atomic E-state index is -0.411. The van der Waals surface area contributed by atoms with Crippen LogP contribution < -0.4 is 16.0 Å². The van der Waals surface area contributed by atoms with Crippen molar-refractivity contribution in [2.75, 3.05) is 36.8 Å². The van der Waals surface area contributed by atoms with Crippen molar-refractivity contribution in [3.05, 3.63) is 80.1 Å². The van der Waals surface area contributed by atoms with E-state index in [4.69, 9.17) is 0 Å². The van der Waals surface area contributed by atoms with Crippen molar-refractivity contribution in [1.82, 2.24) is 15.3 Å². The summed E-state index contributed by atoms with van der Waals surface area (Å²) < 4.78 is 0. The number of benzene rings is 2. The molecule has 0 bridgehead atoms. The summed E-state index contributed by atoms with van der Waals surface area (Å²) in [5.74, 6) is 0. The van der Waals surface area contributed by atoms with Gasteiger partial charge < -0.3 is 16.0 Å². The molecule has 2 aromatic carbocycles. The lowest BCUT2D eigenvalue weighted by Gasteiger charge is -2.12. The predicted molar refractivity (Wildman–Crippen MR) is 153 cm³/mol. The van der Waals surface area contributed by atoms with E-state index in [9.17, 15) is 20.2 Å². The number of hydrogen-bond acceptors (Lipinski definition) is 9. The Balaban J connectivity index is 0.00000400. The first-order valence-corrected chi connectivity index (χ1v) is 12.1. The molecule has 0 aliphatic rings. The largest absolute Gasteiger partial charge is 0.384 e. The van der Waals surface area contributed by atoms with Crippen LogP contribution in [0.1, 0.15) is 24.2 Å². The smallest absolute Gasteiger partial charge is 0.271 e. The third kappa shape index (κ3) is 7.02. The summed E-state index contributed by atoms with van der Waals surface area (Å²) in [4.78, 5) is 30.1. The van der Waals surface area contributed by atoms with Crippen LogP contribution in [0.4, 0.5) is 22.7 Å². The highest BCUT2D eigenvalue weighted by molar-refractivity contribution is 5.93. The highest BCUT2D eigenvalue weighted by Crippen LogP contribution is 2.28. The van der Waals surface area contributed by atoms with E-state index in [0.717, 1.165) is 72.6 Å². The second-order valence-corrected chi connectivity index (χ2v) is 8.85. The fraction of sp³-hybridized carbons (Fsp3) is 0.308. The van der Waals surface area contributed by atoms with Crippen LogP contribution in [0.25, 0.3) is 21.8 Å². The summed E-state index contributed by atoms with van der Waals surface area (Å²) in [5, 5.41) is 34.1. The number of halogens is 1. The number of nitro groups is 2. The van der Waals surface area contributed by atoms with Crippen LogP contribution in [0.2, 0.25) is 0 Å². The van der Waals surface area contributed by atoms with Crippen LogP contribution in [-0.4, -0.2) is 46.0 Å². The van der Waals surface area contributed by atoms with Crippen LogP contribution >= 0.6 is 12.4 Å². The molecule has 0 amide bonds. The number of nitrogens with zero attached hydrogens (tertiary/aromatic N) is 4. The molecule has 0 fully saturated rings. The number of hydrogen-bond donors (Lipinski definition) is 3. The fourth-order valence-electron chi connectivity index (χ4n) is 4.22. The van der Waals surface area contributed by atoms with Crippen molar-refractivity contribution in [3.63, 3.8) is 0 Å². The standard InChI is InChI=1S/C26H29N7O4.ClH/c1-17-13-23(21-7-5-19(32(34)35)15-25(21)30-17)28-11-3-9-27-10-4-12-29-24-14-18(2)31-26-16-20(33(36)37)6-8-22(24)26;/h5-8,13-16,27H,3-4,9-12H2,1-2H3,(H,28,30)(H,29,31);1H. The van der Waals surface area contributed by atoms with E-state index < -0.39 is 9.85 Å². The molecule has 3 N–H and O–H groups in total. The summed E-state index contributed by atoms with van der Waals surface area (Å²) in [6.07, 6.45) is 1.83. The number of aromatic nitrogens is 2. The maximum absolute atomic E-state index is 11.1. The first kappa shape index (κ1) is 28.5. The van der Waals surface area contributed by atoms with Gasteiger partial charge in [0.2, 0.25) is 0 Å². The summed E-state index contributed by atoms with van der Waals surface area (Å²) >= 11 is 0. The van der Waals surface area contributed by atoms with E-state index in [-0.39, 0.29) is 23.8 Å². The molecule has 12 heteroatoms. The van der Waals surface area contributed by atoms with Gasteiger partial charge in [0.1, 0.15) is 0 Å². The average Bonchev–Trinajstić information content (AvgIpc) is 2.86. The van der Waals surface area contributed by atoms with Crippen molar-refractivity contribution in [2.24, 2.45) is 0 Å². The van der Waals surface area contributed by atoms with Crippen LogP contribution in [0.5, 0.6) is 0 Å². The summed E-state index contributed by atoms with van der Waals surface area (Å²) in [5.41, 5.74) is 4.74. The lowest BCUT2D eigenvalue weighted by atomic mass is 10.1.